The molecule has 0 aliphatic carbocycles. The van der Waals surface area contributed by atoms with Gasteiger partial charge in [-0.1, -0.05) is 18.2 Å². The largest absolute Gasteiger partial charge is 0.493 e. The van der Waals surface area contributed by atoms with Crippen molar-refractivity contribution in [1.29, 1.82) is 0 Å². The lowest BCUT2D eigenvalue weighted by atomic mass is 10.1. The molecule has 0 saturated carbocycles. The molecular weight excluding hydrogens is 412 g/mol. The summed E-state index contributed by atoms with van der Waals surface area (Å²) in [6.45, 7) is 5.50. The predicted molar refractivity (Wildman–Crippen MR) is 122 cm³/mol. The van der Waals surface area contributed by atoms with E-state index in [1.807, 2.05) is 32.9 Å². The average Bonchev–Trinajstić information content (AvgIpc) is 2.78. The molecule has 32 heavy (non-hydrogen) atoms. The third-order valence-electron chi connectivity index (χ3n) is 4.57. The van der Waals surface area contributed by atoms with Crippen molar-refractivity contribution in [3.63, 3.8) is 0 Å². The molecular formula is C24H28N2O6. The zero-order valence-electron chi connectivity index (χ0n) is 18.7. The molecule has 0 atom stereocenters. The second-order valence-electron chi connectivity index (χ2n) is 6.86. The summed E-state index contributed by atoms with van der Waals surface area (Å²) < 4.78 is 15.6. The first kappa shape index (κ1) is 24.5. The van der Waals surface area contributed by atoms with Gasteiger partial charge >= 0.3 is 5.97 Å². The summed E-state index contributed by atoms with van der Waals surface area (Å²) in [4.78, 5) is 35.8. The SMILES string of the molecule is CCOc1ccc(/C=C/C(=O)OCC(=O)NCC(=O)Nc2cccc(C)c2C)cc1OC. The van der Waals surface area contributed by atoms with E-state index in [-0.39, 0.29) is 12.5 Å². The third-order valence-corrected chi connectivity index (χ3v) is 4.57. The molecule has 2 amide bonds. The van der Waals surface area contributed by atoms with Crippen LogP contribution >= 0.6 is 0 Å². The van der Waals surface area contributed by atoms with Crippen LogP contribution in [0.1, 0.15) is 23.6 Å². The van der Waals surface area contributed by atoms with Gasteiger partial charge in [0.2, 0.25) is 5.91 Å². The van der Waals surface area contributed by atoms with E-state index >= 15 is 0 Å². The lowest BCUT2D eigenvalue weighted by Crippen LogP contribution is -2.35. The Morgan fingerprint density at radius 1 is 1.03 bits per heavy atom. The molecule has 0 spiro atoms. The molecule has 8 heteroatoms. The minimum atomic E-state index is -0.687. The van der Waals surface area contributed by atoms with E-state index in [0.29, 0.717) is 29.4 Å². The maximum absolute atomic E-state index is 12.0. The first-order chi connectivity index (χ1) is 15.3. The fourth-order valence-corrected chi connectivity index (χ4v) is 2.72. The molecule has 0 heterocycles. The standard InChI is InChI=1S/C24H28N2O6/c1-5-31-20-11-9-18(13-21(20)30-4)10-12-24(29)32-15-23(28)25-14-22(27)26-19-8-6-7-16(2)17(19)3/h6-13H,5,14-15H2,1-4H3,(H,25,28)(H,26,27)/b12-10+. The highest BCUT2D eigenvalue weighted by molar-refractivity contribution is 5.95. The van der Waals surface area contributed by atoms with Crippen LogP contribution in [0.3, 0.4) is 0 Å². The van der Waals surface area contributed by atoms with Gasteiger partial charge in [0.25, 0.3) is 5.91 Å². The lowest BCUT2D eigenvalue weighted by molar-refractivity contribution is -0.143. The van der Waals surface area contributed by atoms with Gasteiger partial charge in [-0.25, -0.2) is 4.79 Å². The van der Waals surface area contributed by atoms with Crippen LogP contribution in [-0.2, 0) is 19.1 Å². The minimum absolute atomic E-state index is 0.231. The fourth-order valence-electron chi connectivity index (χ4n) is 2.72. The van der Waals surface area contributed by atoms with Crippen molar-refractivity contribution in [1.82, 2.24) is 5.32 Å². The second-order valence-corrected chi connectivity index (χ2v) is 6.86. The summed E-state index contributed by atoms with van der Waals surface area (Å²) in [5.74, 6) is -0.491. The van der Waals surface area contributed by atoms with Crippen molar-refractivity contribution in [2.75, 3.05) is 32.2 Å². The molecule has 8 nitrogen and oxygen atoms in total. The normalized spacial score (nSPS) is 10.5. The maximum atomic E-state index is 12.0. The summed E-state index contributed by atoms with van der Waals surface area (Å²) in [6, 6.07) is 10.8. The molecule has 0 radical (unpaired) electrons. The average molecular weight is 440 g/mol. The number of rotatable bonds is 10. The number of carbonyl (C=O) groups excluding carboxylic acids is 3. The number of ether oxygens (including phenoxy) is 3. The Morgan fingerprint density at radius 3 is 2.53 bits per heavy atom. The molecule has 0 fully saturated rings. The monoisotopic (exact) mass is 440 g/mol. The van der Waals surface area contributed by atoms with Crippen LogP contribution in [0.15, 0.2) is 42.5 Å². The summed E-state index contributed by atoms with van der Waals surface area (Å²) in [7, 11) is 1.53. The Morgan fingerprint density at radius 2 is 1.81 bits per heavy atom. The number of hydrogen-bond acceptors (Lipinski definition) is 6. The third kappa shape index (κ3) is 7.46. The van der Waals surface area contributed by atoms with Crippen molar-refractivity contribution in [3.05, 3.63) is 59.2 Å². The number of esters is 1. The van der Waals surface area contributed by atoms with Gasteiger partial charge in [0.05, 0.1) is 20.3 Å². The topological polar surface area (TPSA) is 103 Å². The van der Waals surface area contributed by atoms with Crippen molar-refractivity contribution in [2.45, 2.75) is 20.8 Å². The number of amides is 2. The van der Waals surface area contributed by atoms with E-state index in [0.717, 1.165) is 11.1 Å². The van der Waals surface area contributed by atoms with Gasteiger partial charge in [0, 0.05) is 11.8 Å². The van der Waals surface area contributed by atoms with Crippen LogP contribution in [0, 0.1) is 13.8 Å². The zero-order chi connectivity index (χ0) is 23.5. The summed E-state index contributed by atoms with van der Waals surface area (Å²) in [6.07, 6.45) is 2.74. The molecule has 2 aromatic carbocycles. The lowest BCUT2D eigenvalue weighted by Gasteiger charge is -2.11. The molecule has 0 saturated heterocycles. The zero-order valence-corrected chi connectivity index (χ0v) is 18.7. The first-order valence-corrected chi connectivity index (χ1v) is 10.1. The Balaban J connectivity index is 1.77. The smallest absolute Gasteiger partial charge is 0.331 e. The number of anilines is 1. The van der Waals surface area contributed by atoms with Gasteiger partial charge < -0.3 is 24.8 Å². The van der Waals surface area contributed by atoms with Crippen LogP contribution in [0.5, 0.6) is 11.5 Å². The summed E-state index contributed by atoms with van der Waals surface area (Å²) in [5, 5.41) is 5.16. The molecule has 2 N–H and O–H groups in total. The van der Waals surface area contributed by atoms with Crippen LogP contribution in [-0.4, -0.2) is 44.7 Å². The number of hydrogen-bond donors (Lipinski definition) is 2. The van der Waals surface area contributed by atoms with E-state index in [9.17, 15) is 14.4 Å². The van der Waals surface area contributed by atoms with E-state index < -0.39 is 18.5 Å². The van der Waals surface area contributed by atoms with Crippen LogP contribution < -0.4 is 20.1 Å². The first-order valence-electron chi connectivity index (χ1n) is 10.1. The van der Waals surface area contributed by atoms with Gasteiger partial charge in [0.1, 0.15) is 0 Å². The molecule has 0 aromatic heterocycles. The second kappa shape index (κ2) is 12.1. The van der Waals surface area contributed by atoms with E-state index in [1.54, 1.807) is 24.3 Å². The molecule has 0 bridgehead atoms. The summed E-state index contributed by atoms with van der Waals surface area (Å²) in [5.41, 5.74) is 3.40. The molecule has 2 aromatic rings. The number of nitrogens with one attached hydrogen (secondary N) is 2. The highest BCUT2D eigenvalue weighted by Gasteiger charge is 2.10. The summed E-state index contributed by atoms with van der Waals surface area (Å²) >= 11 is 0. The van der Waals surface area contributed by atoms with E-state index in [4.69, 9.17) is 14.2 Å². The van der Waals surface area contributed by atoms with Crippen LogP contribution in [0.2, 0.25) is 0 Å². The predicted octanol–water partition coefficient (Wildman–Crippen LogP) is 3.02. The Bertz CT molecular complexity index is 1000. The molecule has 0 unspecified atom stereocenters. The van der Waals surface area contributed by atoms with Gasteiger partial charge in [-0.3, -0.25) is 9.59 Å². The number of carbonyl (C=O) groups is 3. The van der Waals surface area contributed by atoms with Crippen molar-refractivity contribution < 1.29 is 28.6 Å². The Hall–Kier alpha value is -3.81. The van der Waals surface area contributed by atoms with E-state index in [1.165, 1.54) is 19.3 Å². The van der Waals surface area contributed by atoms with Gasteiger partial charge in [-0.15, -0.1) is 0 Å². The maximum Gasteiger partial charge on any atom is 0.331 e. The van der Waals surface area contributed by atoms with Crippen LogP contribution in [0.4, 0.5) is 5.69 Å². The minimum Gasteiger partial charge on any atom is -0.493 e. The number of benzene rings is 2. The van der Waals surface area contributed by atoms with Crippen molar-refractivity contribution in [2.24, 2.45) is 0 Å². The van der Waals surface area contributed by atoms with Gasteiger partial charge in [-0.05, 0) is 61.7 Å². The van der Waals surface area contributed by atoms with Gasteiger partial charge in [0.15, 0.2) is 18.1 Å². The van der Waals surface area contributed by atoms with Crippen LogP contribution in [0.25, 0.3) is 6.08 Å². The molecule has 0 aliphatic rings. The highest BCUT2D eigenvalue weighted by Crippen LogP contribution is 2.28. The highest BCUT2D eigenvalue weighted by atomic mass is 16.5. The molecule has 170 valence electrons. The number of aryl methyl sites for hydroxylation is 1. The quantitative estimate of drug-likeness (QED) is 0.435. The van der Waals surface area contributed by atoms with Crippen molar-refractivity contribution in [3.8, 4) is 11.5 Å². The Labute approximate surface area is 187 Å². The van der Waals surface area contributed by atoms with Gasteiger partial charge in [-0.2, -0.15) is 0 Å². The Kier molecular flexibility index (Phi) is 9.28. The molecule has 2 rings (SSSR count). The fraction of sp³-hybridized carbons (Fsp3) is 0.292. The van der Waals surface area contributed by atoms with E-state index in [2.05, 4.69) is 10.6 Å². The van der Waals surface area contributed by atoms with Crippen molar-refractivity contribution >= 4 is 29.5 Å². The number of methoxy groups -OCH3 is 1. The molecule has 0 aliphatic heterocycles.